The number of rotatable bonds is 9. The SMILES string of the molecule is COc1ccc(-c2cc(-c3ccc(OCCN4CCCCC4)cc3)nn2-c2ccc(NC(=O)OC(C)(C)C)cc2)cc1. The fourth-order valence-corrected chi connectivity index (χ4v) is 4.99. The fraction of sp³-hybridized carbons (Fsp3) is 0.353. The van der Waals surface area contributed by atoms with Crippen molar-refractivity contribution in [1.29, 1.82) is 0 Å². The molecule has 0 unspecified atom stereocenters. The van der Waals surface area contributed by atoms with Crippen LogP contribution in [0.1, 0.15) is 40.0 Å². The lowest BCUT2D eigenvalue weighted by Crippen LogP contribution is -2.33. The highest BCUT2D eigenvalue weighted by molar-refractivity contribution is 5.85. The largest absolute Gasteiger partial charge is 0.497 e. The third kappa shape index (κ3) is 7.70. The van der Waals surface area contributed by atoms with E-state index < -0.39 is 11.7 Å². The molecule has 1 aliphatic heterocycles. The summed E-state index contributed by atoms with van der Waals surface area (Å²) in [5.41, 5.74) is 4.71. The van der Waals surface area contributed by atoms with Gasteiger partial charge in [-0.1, -0.05) is 6.42 Å². The van der Waals surface area contributed by atoms with Crippen LogP contribution < -0.4 is 14.8 Å². The van der Waals surface area contributed by atoms with E-state index in [0.29, 0.717) is 12.3 Å². The number of carbonyl (C=O) groups is 1. The van der Waals surface area contributed by atoms with Crippen molar-refractivity contribution in [2.75, 3.05) is 38.7 Å². The maximum Gasteiger partial charge on any atom is 0.412 e. The molecule has 4 aromatic rings. The summed E-state index contributed by atoms with van der Waals surface area (Å²) >= 11 is 0. The van der Waals surface area contributed by atoms with Crippen molar-refractivity contribution in [1.82, 2.24) is 14.7 Å². The first-order valence-electron chi connectivity index (χ1n) is 14.6. The van der Waals surface area contributed by atoms with Gasteiger partial charge in [-0.05, 0) is 126 Å². The Morgan fingerprint density at radius 1 is 0.857 bits per heavy atom. The normalized spacial score (nSPS) is 13.9. The third-order valence-electron chi connectivity index (χ3n) is 7.13. The molecule has 1 aromatic heterocycles. The van der Waals surface area contributed by atoms with Gasteiger partial charge in [-0.3, -0.25) is 10.2 Å². The van der Waals surface area contributed by atoms with Gasteiger partial charge < -0.3 is 14.2 Å². The lowest BCUT2D eigenvalue weighted by molar-refractivity contribution is 0.0636. The molecule has 42 heavy (non-hydrogen) atoms. The number of methoxy groups -OCH3 is 1. The second-order valence-electron chi connectivity index (χ2n) is 11.5. The molecule has 1 saturated heterocycles. The first-order chi connectivity index (χ1) is 20.3. The number of benzene rings is 3. The van der Waals surface area contributed by atoms with Gasteiger partial charge in [0.25, 0.3) is 0 Å². The number of likely N-dealkylation sites (tertiary alicyclic amines) is 1. The minimum absolute atomic E-state index is 0.491. The van der Waals surface area contributed by atoms with Gasteiger partial charge >= 0.3 is 6.09 Å². The highest BCUT2D eigenvalue weighted by Gasteiger charge is 2.17. The lowest BCUT2D eigenvalue weighted by atomic mass is 10.1. The summed E-state index contributed by atoms with van der Waals surface area (Å²) in [6.07, 6.45) is 3.42. The number of ether oxygens (including phenoxy) is 3. The Kier molecular flexibility index (Phi) is 9.12. The second-order valence-corrected chi connectivity index (χ2v) is 11.5. The quantitative estimate of drug-likeness (QED) is 0.226. The van der Waals surface area contributed by atoms with Crippen LogP contribution in [0.3, 0.4) is 0 Å². The zero-order chi connectivity index (χ0) is 29.5. The molecular weight excluding hydrogens is 528 g/mol. The Morgan fingerprint density at radius 2 is 1.50 bits per heavy atom. The molecule has 0 aliphatic carbocycles. The zero-order valence-electron chi connectivity index (χ0n) is 24.9. The zero-order valence-corrected chi connectivity index (χ0v) is 24.9. The number of aromatic nitrogens is 2. The predicted molar refractivity (Wildman–Crippen MR) is 167 cm³/mol. The molecule has 0 atom stereocenters. The van der Waals surface area contributed by atoms with Crippen LogP contribution in [-0.2, 0) is 4.74 Å². The number of piperidine rings is 1. The Hall–Kier alpha value is -4.30. The van der Waals surface area contributed by atoms with Crippen molar-refractivity contribution in [2.24, 2.45) is 0 Å². The molecule has 220 valence electrons. The van der Waals surface area contributed by atoms with Gasteiger partial charge in [0, 0.05) is 23.4 Å². The number of hydrogen-bond donors (Lipinski definition) is 1. The van der Waals surface area contributed by atoms with Gasteiger partial charge in [0.05, 0.1) is 24.2 Å². The topological polar surface area (TPSA) is 77.9 Å². The molecule has 0 bridgehead atoms. The van der Waals surface area contributed by atoms with E-state index in [0.717, 1.165) is 46.2 Å². The smallest absolute Gasteiger partial charge is 0.412 e. The van der Waals surface area contributed by atoms with Crippen molar-refractivity contribution in [2.45, 2.75) is 45.6 Å². The van der Waals surface area contributed by atoms with E-state index in [1.165, 1.54) is 32.4 Å². The van der Waals surface area contributed by atoms with Crippen molar-refractivity contribution in [3.05, 3.63) is 78.9 Å². The van der Waals surface area contributed by atoms with Gasteiger partial charge in [-0.15, -0.1) is 0 Å². The summed E-state index contributed by atoms with van der Waals surface area (Å²) < 4.78 is 18.7. The van der Waals surface area contributed by atoms with E-state index in [9.17, 15) is 4.79 Å². The molecule has 1 fully saturated rings. The van der Waals surface area contributed by atoms with Crippen LogP contribution in [0.5, 0.6) is 11.5 Å². The fourth-order valence-electron chi connectivity index (χ4n) is 4.99. The molecule has 1 aliphatic rings. The summed E-state index contributed by atoms with van der Waals surface area (Å²) in [5.74, 6) is 1.65. The van der Waals surface area contributed by atoms with Gasteiger partial charge in [0.15, 0.2) is 0 Å². The monoisotopic (exact) mass is 568 g/mol. The van der Waals surface area contributed by atoms with Gasteiger partial charge in [0.2, 0.25) is 0 Å². The Balaban J connectivity index is 1.35. The number of nitrogens with zero attached hydrogens (tertiary/aromatic N) is 3. The first-order valence-corrected chi connectivity index (χ1v) is 14.6. The number of anilines is 1. The van der Waals surface area contributed by atoms with Crippen molar-refractivity contribution in [3.63, 3.8) is 0 Å². The molecule has 8 nitrogen and oxygen atoms in total. The molecular formula is C34H40N4O4. The van der Waals surface area contributed by atoms with E-state index >= 15 is 0 Å². The van der Waals surface area contributed by atoms with Crippen LogP contribution in [0.15, 0.2) is 78.9 Å². The highest BCUT2D eigenvalue weighted by atomic mass is 16.6. The van der Waals surface area contributed by atoms with E-state index in [-0.39, 0.29) is 0 Å². The van der Waals surface area contributed by atoms with Crippen molar-refractivity contribution in [3.8, 4) is 39.7 Å². The van der Waals surface area contributed by atoms with Crippen LogP contribution in [-0.4, -0.2) is 59.7 Å². The highest BCUT2D eigenvalue weighted by Crippen LogP contribution is 2.31. The van der Waals surface area contributed by atoms with E-state index in [4.69, 9.17) is 19.3 Å². The minimum Gasteiger partial charge on any atom is -0.497 e. The summed E-state index contributed by atoms with van der Waals surface area (Å²) in [4.78, 5) is 14.7. The molecule has 2 heterocycles. The molecule has 5 rings (SSSR count). The summed E-state index contributed by atoms with van der Waals surface area (Å²) in [6, 6.07) is 25.7. The Labute approximate surface area is 248 Å². The van der Waals surface area contributed by atoms with E-state index in [1.54, 1.807) is 7.11 Å². The number of carbonyl (C=O) groups excluding carboxylic acids is 1. The van der Waals surface area contributed by atoms with Gasteiger partial charge in [-0.25, -0.2) is 9.48 Å². The van der Waals surface area contributed by atoms with Crippen LogP contribution in [0.2, 0.25) is 0 Å². The minimum atomic E-state index is -0.569. The third-order valence-corrected chi connectivity index (χ3v) is 7.13. The van der Waals surface area contributed by atoms with Crippen LogP contribution >= 0.6 is 0 Å². The van der Waals surface area contributed by atoms with Gasteiger partial charge in [-0.2, -0.15) is 5.10 Å². The summed E-state index contributed by atoms with van der Waals surface area (Å²) in [6.45, 7) is 9.50. The molecule has 1 amide bonds. The maximum atomic E-state index is 12.2. The summed E-state index contributed by atoms with van der Waals surface area (Å²) in [5, 5.41) is 7.77. The average Bonchev–Trinajstić information content (AvgIpc) is 3.43. The first kappa shape index (κ1) is 29.2. The van der Waals surface area contributed by atoms with Crippen LogP contribution in [0.25, 0.3) is 28.2 Å². The van der Waals surface area contributed by atoms with E-state index in [2.05, 4.69) is 28.4 Å². The number of hydrogen-bond acceptors (Lipinski definition) is 6. The molecule has 3 aromatic carbocycles. The Bertz CT molecular complexity index is 1450. The van der Waals surface area contributed by atoms with Crippen LogP contribution in [0.4, 0.5) is 10.5 Å². The molecule has 0 radical (unpaired) electrons. The summed E-state index contributed by atoms with van der Waals surface area (Å²) in [7, 11) is 1.66. The van der Waals surface area contributed by atoms with Crippen molar-refractivity contribution >= 4 is 11.8 Å². The maximum absolute atomic E-state index is 12.2. The molecule has 1 N–H and O–H groups in total. The number of nitrogens with one attached hydrogen (secondary N) is 1. The standard InChI is InChI=1S/C34H40N4O4/c1-34(2,3)42-33(39)35-27-12-14-28(15-13-27)38-32(26-10-16-29(40-4)17-11-26)24-31(36-38)25-8-18-30(19-9-25)41-23-22-37-20-6-5-7-21-37/h8-19,24H,5-7,20-23H2,1-4H3,(H,35,39). The number of amides is 1. The molecule has 8 heteroatoms. The Morgan fingerprint density at radius 3 is 2.14 bits per heavy atom. The molecule has 0 spiro atoms. The van der Waals surface area contributed by atoms with Crippen molar-refractivity contribution < 1.29 is 19.0 Å². The second kappa shape index (κ2) is 13.1. The predicted octanol–water partition coefficient (Wildman–Crippen LogP) is 7.43. The molecule has 0 saturated carbocycles. The van der Waals surface area contributed by atoms with E-state index in [1.807, 2.05) is 86.1 Å². The van der Waals surface area contributed by atoms with Crippen LogP contribution in [0, 0.1) is 0 Å². The average molecular weight is 569 g/mol. The lowest BCUT2D eigenvalue weighted by Gasteiger charge is -2.26. The van der Waals surface area contributed by atoms with Gasteiger partial charge in [0.1, 0.15) is 23.7 Å².